The monoisotopic (exact) mass is 279 g/mol. The van der Waals surface area contributed by atoms with E-state index in [9.17, 15) is 4.79 Å². The highest BCUT2D eigenvalue weighted by atomic mass is 16.1. The summed E-state index contributed by atoms with van der Waals surface area (Å²) in [6, 6.07) is 16.8. The zero-order valence-electron chi connectivity index (χ0n) is 12.6. The molecule has 21 heavy (non-hydrogen) atoms. The molecule has 2 aromatic rings. The van der Waals surface area contributed by atoms with Gasteiger partial charge in [-0.05, 0) is 31.0 Å². The van der Waals surface area contributed by atoms with E-state index in [1.807, 2.05) is 25.1 Å². The van der Waals surface area contributed by atoms with Crippen molar-refractivity contribution in [3.63, 3.8) is 0 Å². The van der Waals surface area contributed by atoms with Crippen LogP contribution in [0.2, 0.25) is 0 Å². The van der Waals surface area contributed by atoms with Crippen LogP contribution >= 0.6 is 0 Å². The summed E-state index contributed by atoms with van der Waals surface area (Å²) in [6.07, 6.45) is 0.986. The number of hydrogen-bond acceptors (Lipinski definition) is 2. The van der Waals surface area contributed by atoms with Crippen molar-refractivity contribution in [2.45, 2.75) is 26.3 Å². The normalized spacial score (nSPS) is 20.6. The molecule has 1 aliphatic carbocycles. The highest BCUT2D eigenvalue weighted by Gasteiger charge is 2.35. The highest BCUT2D eigenvalue weighted by Crippen LogP contribution is 2.35. The van der Waals surface area contributed by atoms with Gasteiger partial charge >= 0.3 is 0 Å². The molecular weight excluding hydrogens is 258 g/mol. The molecule has 0 aromatic heterocycles. The molecule has 2 heteroatoms. The van der Waals surface area contributed by atoms with Crippen LogP contribution < -0.4 is 5.32 Å². The first kappa shape index (κ1) is 14.0. The third-order valence-electron chi connectivity index (χ3n) is 4.37. The summed E-state index contributed by atoms with van der Waals surface area (Å²) >= 11 is 0. The van der Waals surface area contributed by atoms with Gasteiger partial charge in [-0.2, -0.15) is 0 Å². The zero-order valence-corrected chi connectivity index (χ0v) is 12.6. The molecule has 0 amide bonds. The van der Waals surface area contributed by atoms with Crippen LogP contribution in [0, 0.1) is 12.8 Å². The maximum Gasteiger partial charge on any atom is 0.167 e. The van der Waals surface area contributed by atoms with Gasteiger partial charge < -0.3 is 5.32 Å². The summed E-state index contributed by atoms with van der Waals surface area (Å²) in [6.45, 7) is 5.01. The van der Waals surface area contributed by atoms with E-state index in [1.54, 1.807) is 0 Å². The molecule has 3 rings (SSSR count). The van der Waals surface area contributed by atoms with Gasteiger partial charge in [-0.15, -0.1) is 0 Å². The molecule has 1 aliphatic rings. The van der Waals surface area contributed by atoms with Crippen LogP contribution in [0.5, 0.6) is 0 Å². The minimum atomic E-state index is 0.0282. The molecule has 2 nitrogen and oxygen atoms in total. The van der Waals surface area contributed by atoms with E-state index >= 15 is 0 Å². The van der Waals surface area contributed by atoms with Gasteiger partial charge in [0.1, 0.15) is 0 Å². The number of hydrogen-bond donors (Lipinski definition) is 1. The summed E-state index contributed by atoms with van der Waals surface area (Å²) in [5.41, 5.74) is 4.66. The second-order valence-corrected chi connectivity index (χ2v) is 5.91. The van der Waals surface area contributed by atoms with E-state index in [4.69, 9.17) is 0 Å². The van der Waals surface area contributed by atoms with Crippen molar-refractivity contribution in [3.8, 4) is 0 Å². The lowest BCUT2D eigenvalue weighted by Crippen LogP contribution is -2.27. The molecule has 0 bridgehead atoms. The van der Waals surface area contributed by atoms with Gasteiger partial charge in [0.25, 0.3) is 0 Å². The van der Waals surface area contributed by atoms with E-state index in [-0.39, 0.29) is 17.7 Å². The number of Topliss-reactive ketones (excluding diaryl/α,β-unsaturated/α-hetero) is 1. The molecule has 108 valence electrons. The van der Waals surface area contributed by atoms with E-state index in [2.05, 4.69) is 42.6 Å². The Labute approximate surface area is 126 Å². The van der Waals surface area contributed by atoms with Crippen LogP contribution in [0.15, 0.2) is 48.5 Å². The molecular formula is C19H21NO. The Hall–Kier alpha value is -1.93. The molecule has 2 atom stereocenters. The average molecular weight is 279 g/mol. The first-order valence-corrected chi connectivity index (χ1v) is 7.59. The fourth-order valence-electron chi connectivity index (χ4n) is 3.07. The fraction of sp³-hybridized carbons (Fsp3) is 0.316. The fourth-order valence-corrected chi connectivity index (χ4v) is 3.07. The maximum atomic E-state index is 12.2. The number of nitrogens with one attached hydrogen (secondary N) is 1. The van der Waals surface area contributed by atoms with Crippen molar-refractivity contribution in [1.82, 2.24) is 5.32 Å². The first-order valence-electron chi connectivity index (χ1n) is 7.59. The molecule has 0 aliphatic heterocycles. The van der Waals surface area contributed by atoms with Crippen molar-refractivity contribution < 1.29 is 4.79 Å². The van der Waals surface area contributed by atoms with Gasteiger partial charge in [0, 0.05) is 17.5 Å². The van der Waals surface area contributed by atoms with Crippen molar-refractivity contribution >= 4 is 5.78 Å². The number of carbonyl (C=O) groups is 1. The Morgan fingerprint density at radius 1 is 1.05 bits per heavy atom. The number of aryl methyl sites for hydroxylation is 1. The van der Waals surface area contributed by atoms with Crippen molar-refractivity contribution in [3.05, 3.63) is 70.8 Å². The lowest BCUT2D eigenvalue weighted by atomic mass is 10.0. The second kappa shape index (κ2) is 5.82. The van der Waals surface area contributed by atoms with Crippen LogP contribution in [-0.2, 0) is 6.42 Å². The van der Waals surface area contributed by atoms with Crippen LogP contribution in [0.4, 0.5) is 0 Å². The molecule has 0 saturated heterocycles. The summed E-state index contributed by atoms with van der Waals surface area (Å²) in [7, 11) is 0. The van der Waals surface area contributed by atoms with Crippen molar-refractivity contribution in [2.24, 2.45) is 5.92 Å². The molecule has 0 fully saturated rings. The number of rotatable bonds is 4. The molecule has 0 spiro atoms. The number of fused-ring (bicyclic) bond motifs is 1. The van der Waals surface area contributed by atoms with Crippen LogP contribution in [0.25, 0.3) is 0 Å². The molecule has 1 N–H and O–H groups in total. The minimum Gasteiger partial charge on any atom is -0.309 e. The Kier molecular flexibility index (Phi) is 3.89. The lowest BCUT2D eigenvalue weighted by Gasteiger charge is -2.17. The summed E-state index contributed by atoms with van der Waals surface area (Å²) < 4.78 is 0. The predicted octanol–water partition coefficient (Wildman–Crippen LogP) is 3.70. The Morgan fingerprint density at radius 2 is 1.76 bits per heavy atom. The first-order chi connectivity index (χ1) is 10.2. The Balaban J connectivity index is 1.65. The Bertz CT molecular complexity index is 645. The second-order valence-electron chi connectivity index (χ2n) is 5.91. The van der Waals surface area contributed by atoms with Gasteiger partial charge in [0.2, 0.25) is 0 Å². The lowest BCUT2D eigenvalue weighted by molar-refractivity contribution is 0.0927. The predicted molar refractivity (Wildman–Crippen MR) is 85.6 cm³/mol. The van der Waals surface area contributed by atoms with Gasteiger partial charge in [-0.1, -0.05) is 61.0 Å². The molecule has 0 heterocycles. The highest BCUT2D eigenvalue weighted by molar-refractivity contribution is 6.02. The molecule has 0 radical (unpaired) electrons. The third-order valence-corrected chi connectivity index (χ3v) is 4.37. The SMILES string of the molecule is Cc1ccc(CCNC2c3ccccc3C(=O)C2C)cc1. The summed E-state index contributed by atoms with van der Waals surface area (Å²) in [5, 5.41) is 3.56. The van der Waals surface area contributed by atoms with Gasteiger partial charge in [-0.25, -0.2) is 0 Å². The quantitative estimate of drug-likeness (QED) is 0.924. The van der Waals surface area contributed by atoms with E-state index in [1.165, 1.54) is 11.1 Å². The molecule has 0 saturated carbocycles. The average Bonchev–Trinajstić information content (AvgIpc) is 2.75. The summed E-state index contributed by atoms with van der Waals surface area (Å²) in [5.74, 6) is 0.291. The topological polar surface area (TPSA) is 29.1 Å². The zero-order chi connectivity index (χ0) is 14.8. The van der Waals surface area contributed by atoms with Gasteiger partial charge in [0.15, 0.2) is 5.78 Å². The largest absolute Gasteiger partial charge is 0.309 e. The maximum absolute atomic E-state index is 12.2. The van der Waals surface area contributed by atoms with Gasteiger partial charge in [-0.3, -0.25) is 4.79 Å². The van der Waals surface area contributed by atoms with Gasteiger partial charge in [0.05, 0.1) is 0 Å². The number of benzene rings is 2. The minimum absolute atomic E-state index is 0.0282. The van der Waals surface area contributed by atoms with E-state index in [0.717, 1.165) is 24.1 Å². The Morgan fingerprint density at radius 3 is 2.52 bits per heavy atom. The van der Waals surface area contributed by atoms with Crippen molar-refractivity contribution in [2.75, 3.05) is 6.54 Å². The molecule has 2 unspecified atom stereocenters. The van der Waals surface area contributed by atoms with E-state index in [0.29, 0.717) is 0 Å². The summed E-state index contributed by atoms with van der Waals surface area (Å²) in [4.78, 5) is 12.2. The van der Waals surface area contributed by atoms with Crippen LogP contribution in [0.3, 0.4) is 0 Å². The number of carbonyl (C=O) groups excluding carboxylic acids is 1. The smallest absolute Gasteiger partial charge is 0.167 e. The molecule has 2 aromatic carbocycles. The number of ketones is 1. The third kappa shape index (κ3) is 2.77. The standard InChI is InChI=1S/C19H21NO/c1-13-7-9-15(10-8-13)11-12-20-18-14(2)19(21)17-6-4-3-5-16(17)18/h3-10,14,18,20H,11-12H2,1-2H3. The van der Waals surface area contributed by atoms with Crippen LogP contribution in [0.1, 0.15) is 40.0 Å². The van der Waals surface area contributed by atoms with Crippen molar-refractivity contribution in [1.29, 1.82) is 0 Å². The van der Waals surface area contributed by atoms with E-state index < -0.39 is 0 Å². The van der Waals surface area contributed by atoms with Crippen LogP contribution in [-0.4, -0.2) is 12.3 Å².